The van der Waals surface area contributed by atoms with Crippen molar-refractivity contribution in [1.82, 2.24) is 4.57 Å². The smallest absolute Gasteiger partial charge is 0.231 e. The number of methoxy groups -OCH3 is 3. The molecule has 0 fully saturated rings. The molecule has 6 heteroatoms. The van der Waals surface area contributed by atoms with Crippen molar-refractivity contribution < 1.29 is 24.1 Å². The Labute approximate surface area is 163 Å². The number of hydrogen-bond acceptors (Lipinski definition) is 5. The lowest BCUT2D eigenvalue weighted by Crippen LogP contribution is -2.15. The lowest BCUT2D eigenvalue weighted by Gasteiger charge is -2.22. The Morgan fingerprint density at radius 1 is 0.964 bits per heavy atom. The van der Waals surface area contributed by atoms with Gasteiger partial charge in [-0.2, -0.15) is 0 Å². The van der Waals surface area contributed by atoms with Gasteiger partial charge in [0.25, 0.3) is 0 Å². The van der Waals surface area contributed by atoms with Crippen molar-refractivity contribution in [2.24, 2.45) is 0 Å². The average Bonchev–Trinajstić information content (AvgIpc) is 3.26. The summed E-state index contributed by atoms with van der Waals surface area (Å²) in [5.74, 6) is 1.15. The van der Waals surface area contributed by atoms with Gasteiger partial charge in [0.2, 0.25) is 5.91 Å². The van der Waals surface area contributed by atoms with Crippen LogP contribution in [0.3, 0.4) is 0 Å². The van der Waals surface area contributed by atoms with Crippen molar-refractivity contribution in [1.29, 1.82) is 0 Å². The fraction of sp³-hybridized carbons (Fsp3) is 0.227. The van der Waals surface area contributed by atoms with Gasteiger partial charge in [0.05, 0.1) is 21.3 Å². The van der Waals surface area contributed by atoms with Crippen molar-refractivity contribution in [3.05, 3.63) is 72.1 Å². The summed E-state index contributed by atoms with van der Waals surface area (Å²) >= 11 is 0. The topological polar surface area (TPSA) is 69.9 Å². The molecular formula is C22H23NO5. The van der Waals surface area contributed by atoms with Crippen LogP contribution in [-0.4, -0.2) is 36.9 Å². The fourth-order valence-corrected chi connectivity index (χ4v) is 3.23. The fourth-order valence-electron chi connectivity index (χ4n) is 3.23. The van der Waals surface area contributed by atoms with Crippen LogP contribution in [-0.2, 0) is 0 Å². The Balaban J connectivity index is 2.08. The highest BCUT2D eigenvalue weighted by Gasteiger charge is 2.26. The molecule has 0 aliphatic carbocycles. The van der Waals surface area contributed by atoms with E-state index in [9.17, 15) is 9.90 Å². The maximum Gasteiger partial charge on any atom is 0.231 e. The number of nitrogens with zero attached hydrogens (tertiary/aromatic N) is 1. The van der Waals surface area contributed by atoms with E-state index in [0.717, 1.165) is 5.56 Å². The van der Waals surface area contributed by atoms with Crippen LogP contribution in [0.2, 0.25) is 0 Å². The van der Waals surface area contributed by atoms with Gasteiger partial charge in [-0.15, -0.1) is 0 Å². The molecule has 6 nitrogen and oxygen atoms in total. The van der Waals surface area contributed by atoms with E-state index < -0.39 is 5.92 Å². The predicted octanol–water partition coefficient (Wildman–Crippen LogP) is 4.08. The van der Waals surface area contributed by atoms with Gasteiger partial charge in [-0.3, -0.25) is 9.36 Å². The molecule has 1 heterocycles. The van der Waals surface area contributed by atoms with E-state index in [0.29, 0.717) is 22.8 Å². The Hall–Kier alpha value is -3.41. The zero-order valence-corrected chi connectivity index (χ0v) is 16.1. The van der Waals surface area contributed by atoms with Crippen molar-refractivity contribution in [2.75, 3.05) is 21.3 Å². The molecule has 0 amide bonds. The summed E-state index contributed by atoms with van der Waals surface area (Å²) in [6.45, 7) is 0. The minimum atomic E-state index is -0.415. The van der Waals surface area contributed by atoms with E-state index in [1.54, 1.807) is 37.7 Å². The number of carbonyl (C=O) groups is 1. The van der Waals surface area contributed by atoms with Gasteiger partial charge in [0.15, 0.2) is 0 Å². The zero-order chi connectivity index (χ0) is 20.1. The summed E-state index contributed by atoms with van der Waals surface area (Å²) in [6.07, 6.45) is 3.56. The first-order valence-electron chi connectivity index (χ1n) is 8.82. The van der Waals surface area contributed by atoms with Crippen molar-refractivity contribution >= 4 is 5.91 Å². The Kier molecular flexibility index (Phi) is 5.89. The number of phenols is 1. The van der Waals surface area contributed by atoms with E-state index in [-0.39, 0.29) is 18.1 Å². The molecule has 1 atom stereocenters. The third kappa shape index (κ3) is 3.96. The van der Waals surface area contributed by atoms with Gasteiger partial charge < -0.3 is 19.3 Å². The number of ether oxygens (including phenoxy) is 3. The van der Waals surface area contributed by atoms with Crippen LogP contribution < -0.4 is 14.2 Å². The highest BCUT2D eigenvalue weighted by Crippen LogP contribution is 2.43. The highest BCUT2D eigenvalue weighted by molar-refractivity contribution is 5.80. The lowest BCUT2D eigenvalue weighted by atomic mass is 9.86. The van der Waals surface area contributed by atoms with Gasteiger partial charge in [-0.25, -0.2) is 0 Å². The molecule has 0 aliphatic heterocycles. The van der Waals surface area contributed by atoms with Crippen molar-refractivity contribution in [2.45, 2.75) is 12.3 Å². The van der Waals surface area contributed by atoms with E-state index in [2.05, 4.69) is 0 Å². The second-order valence-corrected chi connectivity index (χ2v) is 6.28. The summed E-state index contributed by atoms with van der Waals surface area (Å²) in [5, 5.41) is 10.7. The average molecular weight is 381 g/mol. The van der Waals surface area contributed by atoms with Crippen LogP contribution in [0.25, 0.3) is 0 Å². The van der Waals surface area contributed by atoms with Gasteiger partial charge in [-0.05, 0) is 29.8 Å². The first kappa shape index (κ1) is 19.4. The summed E-state index contributed by atoms with van der Waals surface area (Å²) in [7, 11) is 4.64. The lowest BCUT2D eigenvalue weighted by molar-refractivity contribution is 0.0897. The Bertz CT molecular complexity index is 932. The summed E-state index contributed by atoms with van der Waals surface area (Å²) < 4.78 is 17.5. The van der Waals surface area contributed by atoms with E-state index in [4.69, 9.17) is 14.2 Å². The molecule has 2 aromatic carbocycles. The molecule has 0 spiro atoms. The molecule has 0 radical (unpaired) electrons. The van der Waals surface area contributed by atoms with Crippen LogP contribution >= 0.6 is 0 Å². The maximum absolute atomic E-state index is 12.8. The third-order valence-electron chi connectivity index (χ3n) is 4.69. The molecule has 1 aromatic heterocycles. The maximum atomic E-state index is 12.8. The van der Waals surface area contributed by atoms with E-state index in [1.807, 2.05) is 24.3 Å². The number of rotatable bonds is 7. The second-order valence-electron chi connectivity index (χ2n) is 6.28. The molecule has 1 unspecified atom stereocenters. The summed E-state index contributed by atoms with van der Waals surface area (Å²) in [5.41, 5.74) is 1.40. The van der Waals surface area contributed by atoms with Gasteiger partial charge in [0.1, 0.15) is 23.0 Å². The van der Waals surface area contributed by atoms with Crippen LogP contribution in [0.1, 0.15) is 28.3 Å². The SMILES string of the molecule is COc1ccc(C(CC(=O)n2cccc2)c2c(O)cc(OC)cc2OC)cc1. The molecule has 0 bridgehead atoms. The molecular weight excluding hydrogens is 358 g/mol. The second kappa shape index (κ2) is 8.52. The van der Waals surface area contributed by atoms with Gasteiger partial charge in [-0.1, -0.05) is 12.1 Å². The van der Waals surface area contributed by atoms with Crippen LogP contribution in [0, 0.1) is 0 Å². The molecule has 28 heavy (non-hydrogen) atoms. The number of aromatic hydroxyl groups is 1. The van der Waals surface area contributed by atoms with E-state index in [1.165, 1.54) is 24.9 Å². The van der Waals surface area contributed by atoms with Crippen molar-refractivity contribution in [3.8, 4) is 23.0 Å². The third-order valence-corrected chi connectivity index (χ3v) is 4.69. The zero-order valence-electron chi connectivity index (χ0n) is 16.1. The summed E-state index contributed by atoms with van der Waals surface area (Å²) in [6, 6.07) is 14.2. The van der Waals surface area contributed by atoms with Crippen LogP contribution in [0.4, 0.5) is 0 Å². The van der Waals surface area contributed by atoms with Crippen molar-refractivity contribution in [3.63, 3.8) is 0 Å². The molecule has 3 rings (SSSR count). The van der Waals surface area contributed by atoms with Gasteiger partial charge in [0, 0.05) is 42.4 Å². The molecule has 0 saturated carbocycles. The number of carbonyl (C=O) groups excluding carboxylic acids is 1. The molecule has 146 valence electrons. The predicted molar refractivity (Wildman–Crippen MR) is 106 cm³/mol. The molecule has 1 N–H and O–H groups in total. The molecule has 3 aromatic rings. The summed E-state index contributed by atoms with van der Waals surface area (Å²) in [4.78, 5) is 12.8. The monoisotopic (exact) mass is 381 g/mol. The number of benzene rings is 2. The van der Waals surface area contributed by atoms with Gasteiger partial charge >= 0.3 is 0 Å². The highest BCUT2D eigenvalue weighted by atomic mass is 16.5. The Morgan fingerprint density at radius 2 is 1.61 bits per heavy atom. The normalized spacial score (nSPS) is 11.7. The first-order valence-corrected chi connectivity index (χ1v) is 8.82. The standard InChI is InChI=1S/C22H23NO5/c1-26-16-8-6-15(7-9-16)18(14-21(25)23-10-4-5-11-23)22-19(24)12-17(27-2)13-20(22)28-3/h4-13,18,24H,14H2,1-3H3. The number of aromatic nitrogens is 1. The Morgan fingerprint density at radius 3 is 2.18 bits per heavy atom. The van der Waals surface area contributed by atoms with Crippen LogP contribution in [0.5, 0.6) is 23.0 Å². The number of hydrogen-bond donors (Lipinski definition) is 1. The number of phenolic OH excluding ortho intramolecular Hbond substituents is 1. The minimum Gasteiger partial charge on any atom is -0.507 e. The molecule has 0 aliphatic rings. The molecule has 0 saturated heterocycles. The quantitative estimate of drug-likeness (QED) is 0.668. The first-order chi connectivity index (χ1) is 13.6. The van der Waals surface area contributed by atoms with Crippen LogP contribution in [0.15, 0.2) is 60.9 Å². The largest absolute Gasteiger partial charge is 0.507 e. The minimum absolute atomic E-state index is 0.0114. The van der Waals surface area contributed by atoms with E-state index >= 15 is 0 Å².